The van der Waals surface area contributed by atoms with Gasteiger partial charge in [0, 0.05) is 12.1 Å². The number of aromatic hydroxyl groups is 1. The average molecular weight is 274 g/mol. The molecular weight excluding hydrogens is 258 g/mol. The number of aliphatic hydroxyl groups excluding tert-OH is 1. The highest BCUT2D eigenvalue weighted by Crippen LogP contribution is 2.27. The Balaban J connectivity index is 2.41. The van der Waals surface area contributed by atoms with Gasteiger partial charge in [0.15, 0.2) is 0 Å². The molecular formula is C11H16BrNO2. The molecule has 0 aliphatic rings. The van der Waals surface area contributed by atoms with Gasteiger partial charge in [0.1, 0.15) is 5.75 Å². The van der Waals surface area contributed by atoms with E-state index >= 15 is 0 Å². The monoisotopic (exact) mass is 273 g/mol. The number of nitrogens with one attached hydrogen (secondary N) is 1. The number of aliphatic hydroxyl groups is 1. The molecule has 0 bridgehead atoms. The van der Waals surface area contributed by atoms with Crippen molar-refractivity contribution in [1.82, 2.24) is 5.32 Å². The van der Waals surface area contributed by atoms with Gasteiger partial charge < -0.3 is 15.5 Å². The predicted octanol–water partition coefficient (Wildman–Crippen LogP) is 2.02. The second-order valence-electron chi connectivity index (χ2n) is 3.56. The molecule has 0 aromatic heterocycles. The molecule has 0 amide bonds. The summed E-state index contributed by atoms with van der Waals surface area (Å²) >= 11 is 3.26. The smallest absolute Gasteiger partial charge is 0.134 e. The van der Waals surface area contributed by atoms with Crippen LogP contribution >= 0.6 is 15.9 Å². The molecule has 15 heavy (non-hydrogen) atoms. The molecule has 0 fully saturated rings. The van der Waals surface area contributed by atoms with Crippen LogP contribution in [0.5, 0.6) is 5.75 Å². The van der Waals surface area contributed by atoms with Crippen molar-refractivity contribution in [2.24, 2.45) is 0 Å². The fraction of sp³-hybridized carbons (Fsp3) is 0.455. The van der Waals surface area contributed by atoms with Crippen LogP contribution in [0.1, 0.15) is 18.9 Å². The largest absolute Gasteiger partial charge is 0.506 e. The van der Waals surface area contributed by atoms with Crippen LogP contribution in [0.25, 0.3) is 0 Å². The van der Waals surface area contributed by atoms with E-state index < -0.39 is 0 Å². The molecule has 4 heteroatoms. The molecule has 0 saturated carbocycles. The van der Waals surface area contributed by atoms with Gasteiger partial charge in [-0.2, -0.15) is 0 Å². The summed E-state index contributed by atoms with van der Waals surface area (Å²) in [4.78, 5) is 0. The highest BCUT2D eigenvalue weighted by molar-refractivity contribution is 9.10. The second kappa shape index (κ2) is 6.10. The van der Waals surface area contributed by atoms with Gasteiger partial charge in [-0.1, -0.05) is 12.1 Å². The van der Waals surface area contributed by atoms with E-state index in [0.29, 0.717) is 11.0 Å². The zero-order chi connectivity index (χ0) is 11.3. The Morgan fingerprint density at radius 1 is 1.47 bits per heavy atom. The van der Waals surface area contributed by atoms with Crippen molar-refractivity contribution < 1.29 is 10.2 Å². The minimum Gasteiger partial charge on any atom is -0.506 e. The second-order valence-corrected chi connectivity index (χ2v) is 4.42. The first kappa shape index (κ1) is 12.5. The molecule has 3 nitrogen and oxygen atoms in total. The van der Waals surface area contributed by atoms with Crippen LogP contribution in [0, 0.1) is 0 Å². The van der Waals surface area contributed by atoms with Crippen molar-refractivity contribution in [3.8, 4) is 5.75 Å². The molecule has 1 aromatic carbocycles. The summed E-state index contributed by atoms with van der Waals surface area (Å²) in [5, 5.41) is 21.9. The van der Waals surface area contributed by atoms with Crippen molar-refractivity contribution in [3.05, 3.63) is 28.2 Å². The van der Waals surface area contributed by atoms with Gasteiger partial charge in [-0.05, 0) is 41.9 Å². The molecule has 1 atom stereocenters. The zero-order valence-electron chi connectivity index (χ0n) is 8.70. The van der Waals surface area contributed by atoms with E-state index in [2.05, 4.69) is 21.2 Å². The van der Waals surface area contributed by atoms with E-state index in [1.807, 2.05) is 12.1 Å². The van der Waals surface area contributed by atoms with E-state index in [-0.39, 0.29) is 11.9 Å². The van der Waals surface area contributed by atoms with Crippen LogP contribution in [0.3, 0.4) is 0 Å². The van der Waals surface area contributed by atoms with Gasteiger partial charge >= 0.3 is 0 Å². The number of hydrogen-bond donors (Lipinski definition) is 3. The maximum absolute atomic E-state index is 9.67. The summed E-state index contributed by atoms with van der Waals surface area (Å²) in [6, 6.07) is 5.56. The van der Waals surface area contributed by atoms with E-state index in [1.54, 1.807) is 13.0 Å². The third-order valence-corrected chi connectivity index (χ3v) is 2.76. The van der Waals surface area contributed by atoms with Crippen LogP contribution in [0.2, 0.25) is 0 Å². The normalized spacial score (nSPS) is 12.7. The average Bonchev–Trinajstić information content (AvgIpc) is 2.18. The van der Waals surface area contributed by atoms with Crippen LogP contribution in [-0.4, -0.2) is 22.9 Å². The van der Waals surface area contributed by atoms with E-state index in [1.165, 1.54) is 0 Å². The van der Waals surface area contributed by atoms with Crippen molar-refractivity contribution in [1.29, 1.82) is 0 Å². The third-order valence-electron chi connectivity index (χ3n) is 2.12. The summed E-state index contributed by atoms with van der Waals surface area (Å²) < 4.78 is 0.706. The van der Waals surface area contributed by atoms with Gasteiger partial charge in [-0.3, -0.25) is 0 Å². The van der Waals surface area contributed by atoms with E-state index in [4.69, 9.17) is 5.11 Å². The molecule has 3 N–H and O–H groups in total. The fourth-order valence-electron chi connectivity index (χ4n) is 1.24. The fourth-order valence-corrected chi connectivity index (χ4v) is 1.64. The summed E-state index contributed by atoms with van der Waals surface area (Å²) in [5.74, 6) is 0.280. The van der Waals surface area contributed by atoms with Gasteiger partial charge in [0.05, 0.1) is 10.6 Å². The lowest BCUT2D eigenvalue weighted by Gasteiger charge is -2.08. The molecule has 1 aromatic rings. The minimum absolute atomic E-state index is 0.280. The van der Waals surface area contributed by atoms with Crippen LogP contribution < -0.4 is 5.32 Å². The zero-order valence-corrected chi connectivity index (χ0v) is 10.3. The Kier molecular flexibility index (Phi) is 5.08. The first-order valence-electron chi connectivity index (χ1n) is 4.96. The first-order valence-corrected chi connectivity index (χ1v) is 5.75. The minimum atomic E-state index is -0.284. The number of halogens is 1. The predicted molar refractivity (Wildman–Crippen MR) is 63.8 cm³/mol. The van der Waals surface area contributed by atoms with Crippen molar-refractivity contribution in [3.63, 3.8) is 0 Å². The standard InChI is InChI=1S/C11H16BrNO2/c1-8(14)5-6-13-7-9-3-2-4-10(12)11(9)15/h2-4,8,13-15H,5-7H2,1H3/t8-/m1/s1. The molecule has 84 valence electrons. The Labute approximate surface area is 98.3 Å². The van der Waals surface area contributed by atoms with Crippen LogP contribution in [-0.2, 0) is 6.54 Å². The Hall–Kier alpha value is -0.580. The summed E-state index contributed by atoms with van der Waals surface area (Å²) in [5.41, 5.74) is 0.856. The van der Waals surface area contributed by atoms with Crippen LogP contribution in [0.4, 0.5) is 0 Å². The molecule has 0 unspecified atom stereocenters. The molecule has 0 spiro atoms. The van der Waals surface area contributed by atoms with Gasteiger partial charge in [-0.25, -0.2) is 0 Å². The maximum atomic E-state index is 9.67. The molecule has 0 aliphatic heterocycles. The van der Waals surface area contributed by atoms with Crippen molar-refractivity contribution >= 4 is 15.9 Å². The van der Waals surface area contributed by atoms with E-state index in [0.717, 1.165) is 18.5 Å². The number of para-hydroxylation sites is 1. The molecule has 0 aliphatic carbocycles. The molecule has 0 radical (unpaired) electrons. The number of phenolic OH excluding ortho intramolecular Hbond substituents is 1. The Morgan fingerprint density at radius 3 is 2.87 bits per heavy atom. The van der Waals surface area contributed by atoms with Crippen LogP contribution in [0.15, 0.2) is 22.7 Å². The highest BCUT2D eigenvalue weighted by Gasteiger charge is 2.03. The summed E-state index contributed by atoms with van der Waals surface area (Å²) in [7, 11) is 0. The third kappa shape index (κ3) is 4.20. The van der Waals surface area contributed by atoms with Gasteiger partial charge in [-0.15, -0.1) is 0 Å². The Bertz CT molecular complexity index is 315. The lowest BCUT2D eigenvalue weighted by molar-refractivity contribution is 0.183. The molecule has 1 rings (SSSR count). The highest BCUT2D eigenvalue weighted by atomic mass is 79.9. The summed E-state index contributed by atoms with van der Waals surface area (Å²) in [6.45, 7) is 3.11. The number of hydrogen-bond acceptors (Lipinski definition) is 3. The Morgan fingerprint density at radius 2 is 2.20 bits per heavy atom. The summed E-state index contributed by atoms with van der Waals surface area (Å²) in [6.07, 6.45) is 0.433. The number of benzene rings is 1. The maximum Gasteiger partial charge on any atom is 0.134 e. The van der Waals surface area contributed by atoms with Gasteiger partial charge in [0.25, 0.3) is 0 Å². The molecule has 0 saturated heterocycles. The number of phenols is 1. The number of rotatable bonds is 5. The lowest BCUT2D eigenvalue weighted by Crippen LogP contribution is -2.18. The quantitative estimate of drug-likeness (QED) is 0.720. The van der Waals surface area contributed by atoms with Crippen molar-refractivity contribution in [2.75, 3.05) is 6.54 Å². The first-order chi connectivity index (χ1) is 7.11. The van der Waals surface area contributed by atoms with Crippen molar-refractivity contribution in [2.45, 2.75) is 26.0 Å². The SMILES string of the molecule is C[C@@H](O)CCNCc1cccc(Br)c1O. The van der Waals surface area contributed by atoms with E-state index in [9.17, 15) is 5.11 Å². The van der Waals surface area contributed by atoms with Gasteiger partial charge in [0.2, 0.25) is 0 Å². The lowest BCUT2D eigenvalue weighted by atomic mass is 10.2. The molecule has 0 heterocycles. The topological polar surface area (TPSA) is 52.5 Å².